The van der Waals surface area contributed by atoms with Crippen LogP contribution in [-0.2, 0) is 0 Å². The molecule has 22 heavy (non-hydrogen) atoms. The van der Waals surface area contributed by atoms with Crippen molar-refractivity contribution in [3.05, 3.63) is 53.1 Å². The summed E-state index contributed by atoms with van der Waals surface area (Å²) < 4.78 is 12.8. The van der Waals surface area contributed by atoms with E-state index in [4.69, 9.17) is 12.2 Å². The summed E-state index contributed by atoms with van der Waals surface area (Å²) in [5, 5.41) is 8.63. The molecular formula is C13H12FN5O2S. The molecule has 7 nitrogen and oxygen atoms in total. The largest absolute Gasteiger partial charge is 0.298 e. The first-order valence-corrected chi connectivity index (χ1v) is 6.56. The Morgan fingerprint density at radius 3 is 2.45 bits per heavy atom. The number of amides is 2. The van der Waals surface area contributed by atoms with E-state index in [-0.39, 0.29) is 16.4 Å². The fourth-order valence-corrected chi connectivity index (χ4v) is 1.66. The standard InChI is InChI=1S/C13H12FN5O2S/c1-7-6-10(17-16-7)12(21)18-19-13(22)15-11(20)8-2-4-9(14)5-3-8/h2-6H,1H3,(H,16,17)(H,18,21)(H2,15,19,20,22). The molecule has 0 spiro atoms. The van der Waals surface area contributed by atoms with Crippen molar-refractivity contribution in [2.24, 2.45) is 0 Å². The van der Waals surface area contributed by atoms with Crippen LogP contribution in [0.3, 0.4) is 0 Å². The number of aromatic amines is 1. The molecule has 0 aliphatic carbocycles. The highest BCUT2D eigenvalue weighted by Gasteiger charge is 2.11. The second kappa shape index (κ2) is 6.76. The maximum absolute atomic E-state index is 12.8. The Labute approximate surface area is 130 Å². The van der Waals surface area contributed by atoms with Gasteiger partial charge in [0.05, 0.1) is 0 Å². The monoisotopic (exact) mass is 321 g/mol. The van der Waals surface area contributed by atoms with Crippen molar-refractivity contribution >= 4 is 29.1 Å². The molecule has 9 heteroatoms. The van der Waals surface area contributed by atoms with Crippen molar-refractivity contribution in [2.75, 3.05) is 0 Å². The van der Waals surface area contributed by atoms with E-state index < -0.39 is 17.6 Å². The number of hydrogen-bond acceptors (Lipinski definition) is 4. The molecular weight excluding hydrogens is 309 g/mol. The fourth-order valence-electron chi connectivity index (χ4n) is 1.52. The lowest BCUT2D eigenvalue weighted by atomic mass is 10.2. The molecule has 1 aromatic heterocycles. The molecule has 114 valence electrons. The van der Waals surface area contributed by atoms with Gasteiger partial charge < -0.3 is 0 Å². The first-order chi connectivity index (χ1) is 10.5. The van der Waals surface area contributed by atoms with Crippen molar-refractivity contribution < 1.29 is 14.0 Å². The van der Waals surface area contributed by atoms with Crippen molar-refractivity contribution in [3.63, 3.8) is 0 Å². The van der Waals surface area contributed by atoms with E-state index in [1.807, 2.05) is 0 Å². The van der Waals surface area contributed by atoms with E-state index in [2.05, 4.69) is 26.4 Å². The number of carbonyl (C=O) groups excluding carboxylic acids is 2. The third kappa shape index (κ3) is 4.09. The Morgan fingerprint density at radius 1 is 1.18 bits per heavy atom. The molecule has 0 saturated heterocycles. The topological polar surface area (TPSA) is 98.9 Å². The number of H-pyrrole nitrogens is 1. The highest BCUT2D eigenvalue weighted by molar-refractivity contribution is 7.80. The van der Waals surface area contributed by atoms with Crippen molar-refractivity contribution in [1.82, 2.24) is 26.4 Å². The van der Waals surface area contributed by atoms with Gasteiger partial charge in [0.15, 0.2) is 10.8 Å². The van der Waals surface area contributed by atoms with E-state index in [1.165, 1.54) is 12.1 Å². The van der Waals surface area contributed by atoms with Crippen molar-refractivity contribution in [2.45, 2.75) is 6.92 Å². The molecule has 0 aliphatic rings. The fraction of sp³-hybridized carbons (Fsp3) is 0.0769. The Bertz CT molecular complexity index is 713. The van der Waals surface area contributed by atoms with Crippen LogP contribution in [0.2, 0.25) is 0 Å². The average molecular weight is 321 g/mol. The van der Waals surface area contributed by atoms with Gasteiger partial charge in [0.1, 0.15) is 5.82 Å². The SMILES string of the molecule is Cc1cc(C(=O)NNC(=S)NC(=O)c2ccc(F)cc2)n[nH]1. The number of halogens is 1. The van der Waals surface area contributed by atoms with Crippen LogP contribution >= 0.6 is 12.2 Å². The number of hydrogen-bond donors (Lipinski definition) is 4. The summed E-state index contributed by atoms with van der Waals surface area (Å²) in [5.74, 6) is -1.48. The van der Waals surface area contributed by atoms with Crippen LogP contribution in [0.4, 0.5) is 4.39 Å². The summed E-state index contributed by atoms with van der Waals surface area (Å²) in [6.45, 7) is 1.75. The Morgan fingerprint density at radius 2 is 1.86 bits per heavy atom. The first kappa shape index (κ1) is 15.6. The van der Waals surface area contributed by atoms with Crippen LogP contribution in [0.15, 0.2) is 30.3 Å². The second-order valence-corrected chi connectivity index (χ2v) is 4.71. The minimum absolute atomic E-state index is 0.102. The van der Waals surface area contributed by atoms with Gasteiger partial charge in [-0.15, -0.1) is 0 Å². The molecule has 1 aromatic carbocycles. The quantitative estimate of drug-likeness (QED) is 0.484. The highest BCUT2D eigenvalue weighted by Crippen LogP contribution is 2.02. The van der Waals surface area contributed by atoms with E-state index >= 15 is 0 Å². The smallest absolute Gasteiger partial charge is 0.290 e. The lowest BCUT2D eigenvalue weighted by molar-refractivity contribution is 0.0930. The Hall–Kier alpha value is -2.81. The van der Waals surface area contributed by atoms with Crippen LogP contribution in [0, 0.1) is 12.7 Å². The number of rotatable bonds is 2. The number of thiocarbonyl (C=S) groups is 1. The van der Waals surface area contributed by atoms with Crippen LogP contribution in [0.5, 0.6) is 0 Å². The normalized spacial score (nSPS) is 9.91. The Kier molecular flexibility index (Phi) is 4.79. The van der Waals surface area contributed by atoms with E-state index in [1.54, 1.807) is 13.0 Å². The number of nitrogens with zero attached hydrogens (tertiary/aromatic N) is 1. The minimum Gasteiger partial charge on any atom is -0.298 e. The summed E-state index contributed by atoms with van der Waals surface area (Å²) in [4.78, 5) is 23.5. The van der Waals surface area contributed by atoms with Crippen LogP contribution in [-0.4, -0.2) is 27.1 Å². The van der Waals surface area contributed by atoms with Crippen molar-refractivity contribution in [3.8, 4) is 0 Å². The molecule has 0 radical (unpaired) electrons. The van der Waals surface area contributed by atoms with E-state index in [0.717, 1.165) is 17.8 Å². The molecule has 0 bridgehead atoms. The number of aryl methyl sites for hydroxylation is 1. The summed E-state index contributed by atoms with van der Waals surface area (Å²) in [6, 6.07) is 6.51. The second-order valence-electron chi connectivity index (χ2n) is 4.31. The van der Waals surface area contributed by atoms with Crippen LogP contribution in [0.1, 0.15) is 26.5 Å². The first-order valence-electron chi connectivity index (χ1n) is 6.15. The predicted octanol–water partition coefficient (Wildman–Crippen LogP) is 0.807. The number of aromatic nitrogens is 2. The molecule has 0 aliphatic heterocycles. The van der Waals surface area contributed by atoms with E-state index in [0.29, 0.717) is 0 Å². The van der Waals surface area contributed by atoms with Gasteiger partial charge in [0.25, 0.3) is 11.8 Å². The lowest BCUT2D eigenvalue weighted by Gasteiger charge is -2.09. The van der Waals surface area contributed by atoms with Crippen LogP contribution < -0.4 is 16.2 Å². The molecule has 4 N–H and O–H groups in total. The summed E-state index contributed by atoms with van der Waals surface area (Å²) in [5.41, 5.74) is 5.81. The molecule has 0 atom stereocenters. The number of nitrogens with one attached hydrogen (secondary N) is 4. The summed E-state index contributed by atoms with van der Waals surface area (Å²) in [7, 11) is 0. The third-order valence-electron chi connectivity index (χ3n) is 2.56. The Balaban J connectivity index is 1.84. The summed E-state index contributed by atoms with van der Waals surface area (Å²) in [6.07, 6.45) is 0. The van der Waals surface area contributed by atoms with Crippen molar-refractivity contribution in [1.29, 1.82) is 0 Å². The molecule has 2 amide bonds. The van der Waals surface area contributed by atoms with Gasteiger partial charge in [-0.3, -0.25) is 30.9 Å². The zero-order valence-corrected chi connectivity index (χ0v) is 12.3. The van der Waals surface area contributed by atoms with E-state index in [9.17, 15) is 14.0 Å². The lowest BCUT2D eigenvalue weighted by Crippen LogP contribution is -2.48. The zero-order chi connectivity index (χ0) is 16.1. The van der Waals surface area contributed by atoms with Gasteiger partial charge in [-0.05, 0) is 49.5 Å². The van der Waals surface area contributed by atoms with Gasteiger partial charge in [-0.1, -0.05) is 0 Å². The molecule has 0 unspecified atom stereocenters. The maximum atomic E-state index is 12.8. The summed E-state index contributed by atoms with van der Waals surface area (Å²) >= 11 is 4.87. The highest BCUT2D eigenvalue weighted by atomic mass is 32.1. The molecule has 2 aromatic rings. The van der Waals surface area contributed by atoms with Gasteiger partial charge in [-0.25, -0.2) is 4.39 Å². The van der Waals surface area contributed by atoms with Gasteiger partial charge in [-0.2, -0.15) is 5.10 Å². The molecule has 0 saturated carbocycles. The number of carbonyl (C=O) groups is 2. The van der Waals surface area contributed by atoms with Gasteiger partial charge >= 0.3 is 0 Å². The molecule has 2 rings (SSSR count). The number of hydrazine groups is 1. The maximum Gasteiger partial charge on any atom is 0.290 e. The molecule has 1 heterocycles. The third-order valence-corrected chi connectivity index (χ3v) is 2.77. The minimum atomic E-state index is -0.526. The zero-order valence-electron chi connectivity index (χ0n) is 11.4. The average Bonchev–Trinajstić information content (AvgIpc) is 2.92. The van der Waals surface area contributed by atoms with Crippen LogP contribution in [0.25, 0.3) is 0 Å². The number of benzene rings is 1. The van der Waals surface area contributed by atoms with Gasteiger partial charge in [0, 0.05) is 11.3 Å². The molecule has 0 fully saturated rings. The predicted molar refractivity (Wildman–Crippen MR) is 80.4 cm³/mol. The van der Waals surface area contributed by atoms with Gasteiger partial charge in [0.2, 0.25) is 0 Å².